The zero-order valence-electron chi connectivity index (χ0n) is 14.6. The summed E-state index contributed by atoms with van der Waals surface area (Å²) in [6.45, 7) is 6.85. The standard InChI is InChI=1S/C17H29N3O2.HI/c1-14(2)9-11-20-17(18-3)19-10-6-12-22-16-8-5-7-15(13-16)21-4;/h5,7-8,13-14H,6,9-12H2,1-4H3,(H2,18,19,20);1H. The monoisotopic (exact) mass is 435 g/mol. The molecule has 1 rings (SSSR count). The van der Waals surface area contributed by atoms with Crippen LogP contribution in [0.15, 0.2) is 29.3 Å². The van der Waals surface area contributed by atoms with Crippen molar-refractivity contribution in [3.8, 4) is 11.5 Å². The molecular weight excluding hydrogens is 405 g/mol. The highest BCUT2D eigenvalue weighted by Gasteiger charge is 1.99. The van der Waals surface area contributed by atoms with E-state index < -0.39 is 0 Å². The van der Waals surface area contributed by atoms with E-state index in [0.29, 0.717) is 12.5 Å². The fraction of sp³-hybridized carbons (Fsp3) is 0.588. The van der Waals surface area contributed by atoms with Crippen molar-refractivity contribution in [2.24, 2.45) is 10.9 Å². The second-order valence-electron chi connectivity index (χ2n) is 5.49. The zero-order chi connectivity index (χ0) is 16.2. The molecule has 132 valence electrons. The number of hydrogen-bond acceptors (Lipinski definition) is 3. The first-order valence-corrected chi connectivity index (χ1v) is 7.87. The fourth-order valence-corrected chi connectivity index (χ4v) is 1.86. The number of guanidine groups is 1. The molecule has 1 aromatic rings. The van der Waals surface area contributed by atoms with Crippen molar-refractivity contribution in [2.75, 3.05) is 33.9 Å². The van der Waals surface area contributed by atoms with E-state index in [2.05, 4.69) is 29.5 Å². The van der Waals surface area contributed by atoms with Crippen LogP contribution in [0.1, 0.15) is 26.7 Å². The Morgan fingerprint density at radius 2 is 1.87 bits per heavy atom. The molecule has 0 aliphatic carbocycles. The van der Waals surface area contributed by atoms with Crippen LogP contribution in [0.3, 0.4) is 0 Å². The molecule has 5 nitrogen and oxygen atoms in total. The molecule has 0 bridgehead atoms. The normalized spacial score (nSPS) is 10.9. The molecule has 0 unspecified atom stereocenters. The van der Waals surface area contributed by atoms with Gasteiger partial charge in [0.2, 0.25) is 0 Å². The van der Waals surface area contributed by atoms with Gasteiger partial charge in [-0.2, -0.15) is 0 Å². The molecule has 0 aliphatic rings. The van der Waals surface area contributed by atoms with Gasteiger partial charge < -0.3 is 20.1 Å². The maximum atomic E-state index is 5.70. The van der Waals surface area contributed by atoms with E-state index in [1.165, 1.54) is 0 Å². The molecule has 0 saturated heterocycles. The lowest BCUT2D eigenvalue weighted by Gasteiger charge is -2.13. The van der Waals surface area contributed by atoms with E-state index in [-0.39, 0.29) is 24.0 Å². The van der Waals surface area contributed by atoms with Crippen LogP contribution in [0.5, 0.6) is 11.5 Å². The second-order valence-corrected chi connectivity index (χ2v) is 5.49. The Hall–Kier alpha value is -1.18. The number of aliphatic imine (C=N–C) groups is 1. The Morgan fingerprint density at radius 3 is 2.52 bits per heavy atom. The van der Waals surface area contributed by atoms with Crippen molar-refractivity contribution in [3.05, 3.63) is 24.3 Å². The first-order valence-electron chi connectivity index (χ1n) is 7.87. The third kappa shape index (κ3) is 10.3. The lowest BCUT2D eigenvalue weighted by molar-refractivity contribution is 0.308. The molecule has 0 fully saturated rings. The number of methoxy groups -OCH3 is 1. The summed E-state index contributed by atoms with van der Waals surface area (Å²) < 4.78 is 10.9. The molecule has 0 amide bonds. The van der Waals surface area contributed by atoms with Crippen molar-refractivity contribution in [1.82, 2.24) is 10.6 Å². The van der Waals surface area contributed by atoms with Gasteiger partial charge in [-0.25, -0.2) is 0 Å². The number of nitrogens with zero attached hydrogens (tertiary/aromatic N) is 1. The molecule has 0 aromatic heterocycles. The Labute approximate surface area is 157 Å². The minimum atomic E-state index is 0. The Balaban J connectivity index is 0.00000484. The highest BCUT2D eigenvalue weighted by atomic mass is 127. The molecule has 0 saturated carbocycles. The lowest BCUT2D eigenvalue weighted by atomic mass is 10.1. The molecule has 0 atom stereocenters. The molecule has 1 aromatic carbocycles. The predicted molar refractivity (Wildman–Crippen MR) is 107 cm³/mol. The van der Waals surface area contributed by atoms with E-state index in [9.17, 15) is 0 Å². The predicted octanol–water partition coefficient (Wildman–Crippen LogP) is 3.29. The van der Waals surface area contributed by atoms with Crippen LogP contribution in [0.25, 0.3) is 0 Å². The maximum absolute atomic E-state index is 5.70. The van der Waals surface area contributed by atoms with Gasteiger partial charge in [0.1, 0.15) is 11.5 Å². The van der Waals surface area contributed by atoms with E-state index in [0.717, 1.165) is 43.4 Å². The van der Waals surface area contributed by atoms with Gasteiger partial charge in [0.15, 0.2) is 5.96 Å². The van der Waals surface area contributed by atoms with E-state index in [1.807, 2.05) is 24.3 Å². The molecule has 0 radical (unpaired) electrons. The SMILES string of the molecule is CN=C(NCCCOc1cccc(OC)c1)NCCC(C)C.I. The van der Waals surface area contributed by atoms with Crippen molar-refractivity contribution >= 4 is 29.9 Å². The smallest absolute Gasteiger partial charge is 0.190 e. The molecule has 0 aliphatic heterocycles. The van der Waals surface area contributed by atoms with Crippen molar-refractivity contribution in [2.45, 2.75) is 26.7 Å². The molecule has 2 N–H and O–H groups in total. The van der Waals surface area contributed by atoms with E-state index >= 15 is 0 Å². The van der Waals surface area contributed by atoms with Crippen molar-refractivity contribution in [1.29, 1.82) is 0 Å². The van der Waals surface area contributed by atoms with Gasteiger partial charge >= 0.3 is 0 Å². The summed E-state index contributed by atoms with van der Waals surface area (Å²) in [5, 5.41) is 6.59. The largest absolute Gasteiger partial charge is 0.497 e. The topological polar surface area (TPSA) is 54.9 Å². The van der Waals surface area contributed by atoms with Crippen LogP contribution < -0.4 is 20.1 Å². The van der Waals surface area contributed by atoms with Crippen LogP contribution >= 0.6 is 24.0 Å². The summed E-state index contributed by atoms with van der Waals surface area (Å²) in [6.07, 6.45) is 2.04. The van der Waals surface area contributed by atoms with Crippen LogP contribution in [-0.4, -0.2) is 39.8 Å². The first kappa shape index (κ1) is 21.8. The summed E-state index contributed by atoms with van der Waals surface area (Å²) in [7, 11) is 3.44. The van der Waals surface area contributed by atoms with Gasteiger partial charge in [0.25, 0.3) is 0 Å². The molecular formula is C17H30IN3O2. The third-order valence-electron chi connectivity index (χ3n) is 3.16. The lowest BCUT2D eigenvalue weighted by Crippen LogP contribution is -2.38. The summed E-state index contributed by atoms with van der Waals surface area (Å²) in [5.41, 5.74) is 0. The zero-order valence-corrected chi connectivity index (χ0v) is 16.9. The number of ether oxygens (including phenoxy) is 2. The van der Waals surface area contributed by atoms with Gasteiger partial charge in [-0.05, 0) is 30.9 Å². The average molecular weight is 435 g/mol. The van der Waals surface area contributed by atoms with Crippen LogP contribution in [0, 0.1) is 5.92 Å². The second kappa shape index (κ2) is 13.3. The highest BCUT2D eigenvalue weighted by molar-refractivity contribution is 14.0. The number of benzene rings is 1. The quantitative estimate of drug-likeness (QED) is 0.271. The molecule has 0 heterocycles. The van der Waals surface area contributed by atoms with Gasteiger partial charge in [-0.1, -0.05) is 19.9 Å². The minimum Gasteiger partial charge on any atom is -0.497 e. The summed E-state index contributed by atoms with van der Waals surface area (Å²) in [5.74, 6) is 3.19. The number of nitrogens with one attached hydrogen (secondary N) is 2. The van der Waals surface area contributed by atoms with Crippen molar-refractivity contribution in [3.63, 3.8) is 0 Å². The Kier molecular flexibility index (Phi) is 12.6. The van der Waals surface area contributed by atoms with Gasteiger partial charge in [0, 0.05) is 26.2 Å². The number of halogens is 1. The van der Waals surface area contributed by atoms with Crippen LogP contribution in [-0.2, 0) is 0 Å². The van der Waals surface area contributed by atoms with Gasteiger partial charge in [-0.3, -0.25) is 4.99 Å². The van der Waals surface area contributed by atoms with Crippen LogP contribution in [0.2, 0.25) is 0 Å². The summed E-state index contributed by atoms with van der Waals surface area (Å²) in [4.78, 5) is 4.20. The molecule has 6 heteroatoms. The number of rotatable bonds is 9. The van der Waals surface area contributed by atoms with Gasteiger partial charge in [-0.15, -0.1) is 24.0 Å². The van der Waals surface area contributed by atoms with Crippen LogP contribution in [0.4, 0.5) is 0 Å². The molecule has 0 spiro atoms. The Bertz CT molecular complexity index is 453. The van der Waals surface area contributed by atoms with E-state index in [1.54, 1.807) is 14.2 Å². The third-order valence-corrected chi connectivity index (χ3v) is 3.16. The molecule has 23 heavy (non-hydrogen) atoms. The number of hydrogen-bond donors (Lipinski definition) is 2. The van der Waals surface area contributed by atoms with Gasteiger partial charge in [0.05, 0.1) is 13.7 Å². The fourth-order valence-electron chi connectivity index (χ4n) is 1.86. The minimum absolute atomic E-state index is 0. The van der Waals surface area contributed by atoms with E-state index in [4.69, 9.17) is 9.47 Å². The van der Waals surface area contributed by atoms with Crippen molar-refractivity contribution < 1.29 is 9.47 Å². The average Bonchev–Trinajstić information content (AvgIpc) is 2.52. The highest BCUT2D eigenvalue weighted by Crippen LogP contribution is 2.18. The maximum Gasteiger partial charge on any atom is 0.190 e. The summed E-state index contributed by atoms with van der Waals surface area (Å²) in [6, 6.07) is 7.65. The Morgan fingerprint density at radius 1 is 1.17 bits per heavy atom. The first-order chi connectivity index (χ1) is 10.7. The summed E-state index contributed by atoms with van der Waals surface area (Å²) >= 11 is 0.